The van der Waals surface area contributed by atoms with Crippen molar-refractivity contribution in [3.63, 3.8) is 0 Å². The molecule has 2 heterocycles. The summed E-state index contributed by atoms with van der Waals surface area (Å²) in [5.74, 6) is 0.970. The first kappa shape index (κ1) is 11.1. The van der Waals surface area contributed by atoms with Gasteiger partial charge in [-0.15, -0.1) is 0 Å². The second kappa shape index (κ2) is 3.42. The van der Waals surface area contributed by atoms with Gasteiger partial charge >= 0.3 is 0 Å². The van der Waals surface area contributed by atoms with Gasteiger partial charge in [-0.1, -0.05) is 5.16 Å². The summed E-state index contributed by atoms with van der Waals surface area (Å²) in [5, 5.41) is 14.9. The van der Waals surface area contributed by atoms with Gasteiger partial charge in [0.2, 0.25) is 0 Å². The fourth-order valence-electron chi connectivity index (χ4n) is 3.26. The molecule has 2 aliphatic rings. The zero-order valence-corrected chi connectivity index (χ0v) is 10.8. The third-order valence-corrected chi connectivity index (χ3v) is 4.32. The van der Waals surface area contributed by atoms with Crippen molar-refractivity contribution in [2.24, 2.45) is 0 Å². The van der Waals surface area contributed by atoms with E-state index in [9.17, 15) is 5.11 Å². The van der Waals surface area contributed by atoms with Crippen LogP contribution in [0.4, 0.5) is 0 Å². The number of rotatable bonds is 1. The molecule has 1 fully saturated rings. The lowest BCUT2D eigenvalue weighted by atomic mass is 9.74. The smallest absolute Gasteiger partial charge is 0.146 e. The van der Waals surface area contributed by atoms with Gasteiger partial charge in [-0.2, -0.15) is 0 Å². The van der Waals surface area contributed by atoms with Crippen LogP contribution in [-0.2, 0) is 17.4 Å². The van der Waals surface area contributed by atoms with Crippen LogP contribution in [-0.4, -0.2) is 20.2 Å². The molecule has 2 aromatic rings. The molecule has 5 heteroatoms. The van der Waals surface area contributed by atoms with Gasteiger partial charge < -0.3 is 9.63 Å². The zero-order valence-electron chi connectivity index (χ0n) is 10.8. The lowest BCUT2D eigenvalue weighted by Crippen LogP contribution is -2.38. The summed E-state index contributed by atoms with van der Waals surface area (Å²) in [6.07, 6.45) is 8.36. The summed E-state index contributed by atoms with van der Waals surface area (Å²) in [6, 6.07) is 0. The molecular weight excluding hydrogens is 242 g/mol. The van der Waals surface area contributed by atoms with Crippen LogP contribution in [0.25, 0.3) is 0 Å². The molecule has 0 amide bonds. The van der Waals surface area contributed by atoms with E-state index in [2.05, 4.69) is 15.1 Å². The highest BCUT2D eigenvalue weighted by molar-refractivity contribution is 5.37. The maximum atomic E-state index is 11.0. The molecule has 1 spiro atoms. The summed E-state index contributed by atoms with van der Waals surface area (Å²) in [7, 11) is 0. The second-order valence-corrected chi connectivity index (χ2v) is 5.89. The van der Waals surface area contributed by atoms with E-state index in [4.69, 9.17) is 4.52 Å². The number of aliphatic hydroxyl groups is 1. The first-order valence-corrected chi connectivity index (χ1v) is 6.57. The van der Waals surface area contributed by atoms with Crippen LogP contribution in [0.15, 0.2) is 23.1 Å². The molecule has 0 aliphatic heterocycles. The van der Waals surface area contributed by atoms with Crippen molar-refractivity contribution in [3.05, 3.63) is 41.3 Å². The van der Waals surface area contributed by atoms with Gasteiger partial charge in [0.1, 0.15) is 11.4 Å². The predicted octanol–water partition coefficient (Wildman–Crippen LogP) is 1.64. The van der Waals surface area contributed by atoms with Gasteiger partial charge in [-0.05, 0) is 26.2 Å². The molecule has 1 N–H and O–H groups in total. The van der Waals surface area contributed by atoms with Crippen molar-refractivity contribution in [1.29, 1.82) is 0 Å². The molecular formula is C14H15N3O2. The van der Waals surface area contributed by atoms with Crippen LogP contribution in [0.1, 0.15) is 42.0 Å². The largest absolute Gasteiger partial charge is 0.383 e. The zero-order chi connectivity index (χ0) is 13.1. The number of hydrogen-bond donors (Lipinski definition) is 1. The monoisotopic (exact) mass is 257 g/mol. The minimum atomic E-state index is -0.950. The minimum Gasteiger partial charge on any atom is -0.383 e. The number of aryl methyl sites for hydroxylation is 1. The second-order valence-electron chi connectivity index (χ2n) is 5.89. The van der Waals surface area contributed by atoms with Crippen molar-refractivity contribution in [3.8, 4) is 0 Å². The highest BCUT2D eigenvalue weighted by Gasteiger charge is 2.57. The van der Waals surface area contributed by atoms with Crippen molar-refractivity contribution in [2.75, 3.05) is 0 Å². The van der Waals surface area contributed by atoms with Crippen molar-refractivity contribution in [2.45, 2.75) is 43.6 Å². The van der Waals surface area contributed by atoms with Gasteiger partial charge in [0.05, 0.1) is 23.8 Å². The SMILES string of the molecule is Cc1cncc(C2(O)Cc3cnoc3C3(CC3)C2)n1. The number of fused-ring (bicyclic) bond motifs is 2. The van der Waals surface area contributed by atoms with E-state index in [1.807, 2.05) is 6.92 Å². The summed E-state index contributed by atoms with van der Waals surface area (Å²) >= 11 is 0. The Kier molecular flexibility index (Phi) is 2.00. The molecule has 2 aromatic heterocycles. The molecule has 2 aliphatic carbocycles. The van der Waals surface area contributed by atoms with Crippen molar-refractivity contribution < 1.29 is 9.63 Å². The standard InChI is InChI=1S/C14H15N3O2/c1-9-5-15-7-11(17-9)14(18)4-10-6-16-19-12(10)13(8-14)2-3-13/h5-7,18H,2-4,8H2,1H3. The third-order valence-electron chi connectivity index (χ3n) is 4.32. The molecule has 1 unspecified atom stereocenters. The van der Waals surface area contributed by atoms with E-state index >= 15 is 0 Å². The Balaban J connectivity index is 1.81. The van der Waals surface area contributed by atoms with Crippen LogP contribution in [0.3, 0.4) is 0 Å². The average molecular weight is 257 g/mol. The Morgan fingerprint density at radius 1 is 1.26 bits per heavy atom. The molecule has 19 heavy (non-hydrogen) atoms. The lowest BCUT2D eigenvalue weighted by Gasteiger charge is -2.35. The summed E-state index contributed by atoms with van der Waals surface area (Å²) < 4.78 is 5.39. The van der Waals surface area contributed by atoms with Crippen molar-refractivity contribution in [1.82, 2.24) is 15.1 Å². The van der Waals surface area contributed by atoms with Crippen LogP contribution >= 0.6 is 0 Å². The lowest BCUT2D eigenvalue weighted by molar-refractivity contribution is 0.000558. The maximum Gasteiger partial charge on any atom is 0.146 e. The van der Waals surface area contributed by atoms with Gasteiger partial charge in [-0.3, -0.25) is 9.97 Å². The molecule has 1 saturated carbocycles. The molecule has 4 rings (SSSR count). The highest BCUT2D eigenvalue weighted by Crippen LogP contribution is 2.59. The Morgan fingerprint density at radius 2 is 2.11 bits per heavy atom. The van der Waals surface area contributed by atoms with E-state index in [0.717, 1.165) is 29.9 Å². The van der Waals surface area contributed by atoms with E-state index < -0.39 is 5.60 Å². The third kappa shape index (κ3) is 1.54. The topological polar surface area (TPSA) is 72.0 Å². The number of hydrogen-bond acceptors (Lipinski definition) is 5. The van der Waals surface area contributed by atoms with Gasteiger partial charge in [0.25, 0.3) is 0 Å². The summed E-state index contributed by atoms with van der Waals surface area (Å²) in [5.41, 5.74) is 1.52. The molecule has 0 saturated heterocycles. The maximum absolute atomic E-state index is 11.0. The molecule has 0 aromatic carbocycles. The Hall–Kier alpha value is -1.75. The first-order valence-electron chi connectivity index (χ1n) is 6.57. The molecule has 1 atom stereocenters. The van der Waals surface area contributed by atoms with E-state index in [1.165, 1.54) is 0 Å². The fourth-order valence-corrected chi connectivity index (χ4v) is 3.26. The van der Waals surface area contributed by atoms with Crippen LogP contribution in [0, 0.1) is 6.92 Å². The predicted molar refractivity (Wildman–Crippen MR) is 66.4 cm³/mol. The molecule has 0 radical (unpaired) electrons. The van der Waals surface area contributed by atoms with Gasteiger partial charge in [0.15, 0.2) is 0 Å². The average Bonchev–Trinajstić information content (AvgIpc) is 2.96. The van der Waals surface area contributed by atoms with Crippen LogP contribution < -0.4 is 0 Å². The molecule has 0 bridgehead atoms. The Bertz CT molecular complexity index is 648. The van der Waals surface area contributed by atoms with Crippen LogP contribution in [0.5, 0.6) is 0 Å². The van der Waals surface area contributed by atoms with Gasteiger partial charge in [0, 0.05) is 23.6 Å². The Morgan fingerprint density at radius 3 is 2.84 bits per heavy atom. The van der Waals surface area contributed by atoms with E-state index in [-0.39, 0.29) is 5.41 Å². The highest BCUT2D eigenvalue weighted by atomic mass is 16.5. The fraction of sp³-hybridized carbons (Fsp3) is 0.500. The van der Waals surface area contributed by atoms with Gasteiger partial charge in [-0.25, -0.2) is 0 Å². The minimum absolute atomic E-state index is 0.0236. The molecule has 98 valence electrons. The number of nitrogens with zero attached hydrogens (tertiary/aromatic N) is 3. The molecule has 5 nitrogen and oxygen atoms in total. The first-order chi connectivity index (χ1) is 9.11. The van der Waals surface area contributed by atoms with E-state index in [1.54, 1.807) is 18.6 Å². The Labute approximate surface area is 110 Å². The number of aromatic nitrogens is 3. The van der Waals surface area contributed by atoms with Crippen LogP contribution in [0.2, 0.25) is 0 Å². The quantitative estimate of drug-likeness (QED) is 0.840. The summed E-state index contributed by atoms with van der Waals surface area (Å²) in [6.45, 7) is 1.89. The summed E-state index contributed by atoms with van der Waals surface area (Å²) in [4.78, 5) is 8.61. The van der Waals surface area contributed by atoms with Crippen molar-refractivity contribution >= 4 is 0 Å². The normalized spacial score (nSPS) is 27.3. The van der Waals surface area contributed by atoms with E-state index in [0.29, 0.717) is 18.5 Å².